The fourth-order valence-electron chi connectivity index (χ4n) is 1.41. The Hall–Kier alpha value is -1.75. The van der Waals surface area contributed by atoms with Crippen LogP contribution in [0, 0.1) is 12.7 Å². The first-order chi connectivity index (χ1) is 8.11. The van der Waals surface area contributed by atoms with E-state index in [1.165, 1.54) is 25.3 Å². The van der Waals surface area contributed by atoms with Crippen molar-refractivity contribution in [2.75, 3.05) is 7.11 Å². The molecule has 0 bridgehead atoms. The first-order valence-corrected chi connectivity index (χ1v) is 5.20. The van der Waals surface area contributed by atoms with Gasteiger partial charge in [0.2, 0.25) is 0 Å². The zero-order valence-corrected chi connectivity index (χ0v) is 9.99. The number of nitrogens with zero attached hydrogens (tertiary/aromatic N) is 3. The van der Waals surface area contributed by atoms with Gasteiger partial charge in [0.25, 0.3) is 0 Å². The quantitative estimate of drug-likeness (QED) is 0.826. The van der Waals surface area contributed by atoms with Gasteiger partial charge in [0, 0.05) is 0 Å². The molecule has 0 fully saturated rings. The fourth-order valence-corrected chi connectivity index (χ4v) is 1.67. The van der Waals surface area contributed by atoms with Crippen LogP contribution in [0.15, 0.2) is 18.2 Å². The van der Waals surface area contributed by atoms with E-state index < -0.39 is 5.82 Å². The highest BCUT2D eigenvalue weighted by atomic mass is 35.5. The van der Waals surface area contributed by atoms with Crippen LogP contribution in [0.25, 0.3) is 11.3 Å². The van der Waals surface area contributed by atoms with Gasteiger partial charge in [0.1, 0.15) is 23.1 Å². The second kappa shape index (κ2) is 4.63. The molecule has 6 heteroatoms. The smallest absolute Gasteiger partial charge is 0.159 e. The van der Waals surface area contributed by atoms with E-state index in [-0.39, 0.29) is 5.15 Å². The maximum atomic E-state index is 13.2. The standard InChI is InChI=1S/C11H9ClFN3O/c1-6-14-11(12)10(16-15-6)8-5-7(13)3-4-9(8)17-2/h3-5H,1-2H3. The maximum Gasteiger partial charge on any atom is 0.159 e. The molecule has 17 heavy (non-hydrogen) atoms. The molecule has 0 atom stereocenters. The number of methoxy groups -OCH3 is 1. The summed E-state index contributed by atoms with van der Waals surface area (Å²) in [4.78, 5) is 3.97. The molecule has 2 aromatic rings. The van der Waals surface area contributed by atoms with Crippen LogP contribution in [0.5, 0.6) is 5.75 Å². The van der Waals surface area contributed by atoms with Crippen LogP contribution in [0.2, 0.25) is 5.15 Å². The largest absolute Gasteiger partial charge is 0.496 e. The highest BCUT2D eigenvalue weighted by Crippen LogP contribution is 2.32. The summed E-state index contributed by atoms with van der Waals surface area (Å²) in [5.74, 6) is 0.515. The lowest BCUT2D eigenvalue weighted by Gasteiger charge is -2.08. The second-order valence-electron chi connectivity index (χ2n) is 3.34. The van der Waals surface area contributed by atoms with E-state index >= 15 is 0 Å². The summed E-state index contributed by atoms with van der Waals surface area (Å²) in [6, 6.07) is 4.08. The third-order valence-electron chi connectivity index (χ3n) is 2.17. The first-order valence-electron chi connectivity index (χ1n) is 4.82. The van der Waals surface area contributed by atoms with Gasteiger partial charge >= 0.3 is 0 Å². The van der Waals surface area contributed by atoms with Crippen molar-refractivity contribution in [2.24, 2.45) is 0 Å². The molecule has 0 unspecified atom stereocenters. The molecule has 0 amide bonds. The molecule has 1 heterocycles. The summed E-state index contributed by atoms with van der Waals surface area (Å²) < 4.78 is 18.3. The highest BCUT2D eigenvalue weighted by molar-refractivity contribution is 6.31. The lowest BCUT2D eigenvalue weighted by molar-refractivity contribution is 0.415. The van der Waals surface area contributed by atoms with Crippen molar-refractivity contribution in [1.29, 1.82) is 0 Å². The van der Waals surface area contributed by atoms with E-state index in [9.17, 15) is 4.39 Å². The normalized spacial score (nSPS) is 10.4. The first kappa shape index (κ1) is 11.7. The molecule has 1 aromatic carbocycles. The van der Waals surface area contributed by atoms with Crippen molar-refractivity contribution in [3.05, 3.63) is 35.0 Å². The third-order valence-corrected chi connectivity index (χ3v) is 2.43. The van der Waals surface area contributed by atoms with Gasteiger partial charge in [-0.3, -0.25) is 0 Å². The Morgan fingerprint density at radius 1 is 1.29 bits per heavy atom. The molecule has 0 aliphatic carbocycles. The van der Waals surface area contributed by atoms with Gasteiger partial charge in [0.05, 0.1) is 12.7 Å². The molecule has 4 nitrogen and oxygen atoms in total. The van der Waals surface area contributed by atoms with Crippen molar-refractivity contribution in [1.82, 2.24) is 15.2 Å². The van der Waals surface area contributed by atoms with Gasteiger partial charge in [-0.2, -0.15) is 0 Å². The molecule has 1 aromatic heterocycles. The van der Waals surface area contributed by atoms with E-state index in [0.29, 0.717) is 22.8 Å². The number of aromatic nitrogens is 3. The van der Waals surface area contributed by atoms with E-state index in [1.807, 2.05) is 0 Å². The molecule has 0 spiro atoms. The van der Waals surface area contributed by atoms with Crippen LogP contribution < -0.4 is 4.74 Å². The molecule has 0 aliphatic heterocycles. The Kier molecular flexibility index (Phi) is 3.19. The van der Waals surface area contributed by atoms with Crippen molar-refractivity contribution in [2.45, 2.75) is 6.92 Å². The molecule has 0 aliphatic rings. The van der Waals surface area contributed by atoms with E-state index in [0.717, 1.165) is 0 Å². The van der Waals surface area contributed by atoms with Crippen molar-refractivity contribution >= 4 is 11.6 Å². The molecule has 0 saturated heterocycles. The van der Waals surface area contributed by atoms with Crippen LogP contribution in [0.3, 0.4) is 0 Å². The average Bonchev–Trinajstić information content (AvgIpc) is 2.29. The molecular weight excluding hydrogens is 245 g/mol. The van der Waals surface area contributed by atoms with E-state index in [1.54, 1.807) is 6.92 Å². The zero-order chi connectivity index (χ0) is 12.4. The second-order valence-corrected chi connectivity index (χ2v) is 3.70. The minimum Gasteiger partial charge on any atom is -0.496 e. The third kappa shape index (κ3) is 2.34. The van der Waals surface area contributed by atoms with Crippen LogP contribution in [-0.4, -0.2) is 22.3 Å². The lowest BCUT2D eigenvalue weighted by Crippen LogP contribution is -1.98. The van der Waals surface area contributed by atoms with Gasteiger partial charge in [-0.25, -0.2) is 9.37 Å². The summed E-state index contributed by atoms with van der Waals surface area (Å²) in [6.45, 7) is 1.67. The van der Waals surface area contributed by atoms with Gasteiger partial charge in [-0.05, 0) is 25.1 Å². The predicted octanol–water partition coefficient (Wildman–Crippen LogP) is 2.65. The number of aryl methyl sites for hydroxylation is 1. The molecule has 2 rings (SSSR count). The van der Waals surface area contributed by atoms with Gasteiger partial charge in [0.15, 0.2) is 5.15 Å². The SMILES string of the molecule is COc1ccc(F)cc1-c1nnc(C)nc1Cl. The van der Waals surface area contributed by atoms with Crippen molar-refractivity contribution in [3.63, 3.8) is 0 Å². The van der Waals surface area contributed by atoms with E-state index in [4.69, 9.17) is 16.3 Å². The molecule has 0 radical (unpaired) electrons. The van der Waals surface area contributed by atoms with Gasteiger partial charge in [-0.1, -0.05) is 11.6 Å². The van der Waals surface area contributed by atoms with Gasteiger partial charge in [-0.15, -0.1) is 10.2 Å². The van der Waals surface area contributed by atoms with Crippen molar-refractivity contribution in [3.8, 4) is 17.0 Å². The fraction of sp³-hybridized carbons (Fsp3) is 0.182. The van der Waals surface area contributed by atoms with Crippen LogP contribution >= 0.6 is 11.6 Å². The monoisotopic (exact) mass is 253 g/mol. The highest BCUT2D eigenvalue weighted by Gasteiger charge is 2.14. The molecule has 0 saturated carbocycles. The topological polar surface area (TPSA) is 47.9 Å². The number of hydrogen-bond acceptors (Lipinski definition) is 4. The Morgan fingerprint density at radius 3 is 2.71 bits per heavy atom. The summed E-state index contributed by atoms with van der Waals surface area (Å²) in [5.41, 5.74) is 0.728. The summed E-state index contributed by atoms with van der Waals surface area (Å²) in [7, 11) is 1.49. The Labute approximate surface area is 102 Å². The predicted molar refractivity (Wildman–Crippen MR) is 61.5 cm³/mol. The average molecular weight is 254 g/mol. The minimum absolute atomic E-state index is 0.168. The number of hydrogen-bond donors (Lipinski definition) is 0. The molecule has 88 valence electrons. The number of halogens is 2. The maximum absolute atomic E-state index is 13.2. The van der Waals surface area contributed by atoms with Crippen LogP contribution in [0.4, 0.5) is 4.39 Å². The number of ether oxygens (including phenoxy) is 1. The Bertz CT molecular complexity index is 562. The minimum atomic E-state index is -0.403. The summed E-state index contributed by atoms with van der Waals surface area (Å²) in [6.07, 6.45) is 0. The summed E-state index contributed by atoms with van der Waals surface area (Å²) >= 11 is 5.95. The summed E-state index contributed by atoms with van der Waals surface area (Å²) in [5, 5.41) is 7.87. The van der Waals surface area contributed by atoms with Crippen LogP contribution in [0.1, 0.15) is 5.82 Å². The van der Waals surface area contributed by atoms with Gasteiger partial charge < -0.3 is 4.74 Å². The van der Waals surface area contributed by atoms with Crippen LogP contribution in [-0.2, 0) is 0 Å². The molecular formula is C11H9ClFN3O. The lowest BCUT2D eigenvalue weighted by atomic mass is 10.1. The van der Waals surface area contributed by atoms with E-state index in [2.05, 4.69) is 15.2 Å². The number of rotatable bonds is 2. The number of benzene rings is 1. The zero-order valence-electron chi connectivity index (χ0n) is 9.24. The molecule has 0 N–H and O–H groups in total. The Balaban J connectivity index is 2.62. The Morgan fingerprint density at radius 2 is 2.06 bits per heavy atom. The van der Waals surface area contributed by atoms with Crippen molar-refractivity contribution < 1.29 is 9.13 Å².